The fourth-order valence-corrected chi connectivity index (χ4v) is 3.04. The van der Waals surface area contributed by atoms with Crippen molar-refractivity contribution in [3.63, 3.8) is 0 Å². The molecule has 1 aromatic carbocycles. The van der Waals surface area contributed by atoms with E-state index in [2.05, 4.69) is 5.32 Å². The van der Waals surface area contributed by atoms with E-state index in [1.54, 1.807) is 18.2 Å². The molecule has 2 rings (SSSR count). The van der Waals surface area contributed by atoms with Crippen molar-refractivity contribution in [3.05, 3.63) is 23.8 Å². The number of aliphatic carboxylic acids is 1. The molecule has 0 radical (unpaired) electrons. The molecule has 1 aliphatic rings. The molecule has 0 aliphatic carbocycles. The third-order valence-corrected chi connectivity index (χ3v) is 4.50. The number of amides is 2. The van der Waals surface area contributed by atoms with E-state index in [1.807, 2.05) is 0 Å². The number of carbonyl (C=O) groups excluding carboxylic acids is 1. The molecule has 0 spiro atoms. The second-order valence-electron chi connectivity index (χ2n) is 6.16. The Labute approximate surface area is 154 Å². The predicted molar refractivity (Wildman–Crippen MR) is 88.9 cm³/mol. The van der Waals surface area contributed by atoms with Gasteiger partial charge in [-0.25, -0.2) is 4.79 Å². The summed E-state index contributed by atoms with van der Waals surface area (Å²) in [6, 6.07) is 4.44. The largest absolute Gasteiger partial charge is 0.497 e. The highest BCUT2D eigenvalue weighted by atomic mass is 19.4. The van der Waals surface area contributed by atoms with E-state index in [-0.39, 0.29) is 6.54 Å². The number of halogens is 3. The van der Waals surface area contributed by atoms with Crippen LogP contribution in [0.2, 0.25) is 0 Å². The molecule has 7 nitrogen and oxygen atoms in total. The average Bonchev–Trinajstić information content (AvgIpc) is 3.07. The molecule has 0 saturated carbocycles. The fourth-order valence-electron chi connectivity index (χ4n) is 3.04. The molecule has 2 N–H and O–H groups in total. The molecule has 27 heavy (non-hydrogen) atoms. The van der Waals surface area contributed by atoms with E-state index in [0.29, 0.717) is 17.9 Å². The van der Waals surface area contributed by atoms with Crippen LogP contribution in [0.25, 0.3) is 0 Å². The van der Waals surface area contributed by atoms with E-state index in [0.717, 1.165) is 10.5 Å². The van der Waals surface area contributed by atoms with E-state index in [1.165, 1.54) is 14.2 Å². The molecule has 0 aromatic heterocycles. The zero-order valence-corrected chi connectivity index (χ0v) is 14.9. The molecule has 1 saturated heterocycles. The molecule has 150 valence electrons. The Kier molecular flexibility index (Phi) is 6.40. The van der Waals surface area contributed by atoms with Crippen molar-refractivity contribution >= 4 is 12.0 Å². The highest BCUT2D eigenvalue weighted by Gasteiger charge is 2.53. The zero-order valence-electron chi connectivity index (χ0n) is 14.9. The maximum atomic E-state index is 13.0. The van der Waals surface area contributed by atoms with Crippen LogP contribution in [0.3, 0.4) is 0 Å². The molecule has 2 amide bonds. The highest BCUT2D eigenvalue weighted by Crippen LogP contribution is 2.37. The van der Waals surface area contributed by atoms with Crippen molar-refractivity contribution in [2.75, 3.05) is 33.9 Å². The monoisotopic (exact) mass is 390 g/mol. The van der Waals surface area contributed by atoms with Crippen LogP contribution < -0.4 is 14.8 Å². The van der Waals surface area contributed by atoms with E-state index >= 15 is 0 Å². The quantitative estimate of drug-likeness (QED) is 0.777. The molecular formula is C17H21F3N2O5. The summed E-state index contributed by atoms with van der Waals surface area (Å²) in [6.45, 7) is -1.00. The average molecular weight is 390 g/mol. The normalized spacial score (nSPS) is 19.7. The Morgan fingerprint density at radius 2 is 1.96 bits per heavy atom. The molecular weight excluding hydrogens is 369 g/mol. The van der Waals surface area contributed by atoms with Gasteiger partial charge in [-0.3, -0.25) is 4.79 Å². The number of benzene rings is 1. The van der Waals surface area contributed by atoms with Crippen LogP contribution in [0.5, 0.6) is 11.5 Å². The van der Waals surface area contributed by atoms with Crippen molar-refractivity contribution in [3.8, 4) is 11.5 Å². The summed E-state index contributed by atoms with van der Waals surface area (Å²) in [5.41, 5.74) is 0.759. The summed E-state index contributed by atoms with van der Waals surface area (Å²) in [5, 5.41) is 11.5. The topological polar surface area (TPSA) is 88.1 Å². The van der Waals surface area contributed by atoms with E-state index in [4.69, 9.17) is 14.6 Å². The second kappa shape index (κ2) is 8.36. The number of rotatable bonds is 6. The summed E-state index contributed by atoms with van der Waals surface area (Å²) in [6.07, 6.45) is -4.31. The first-order valence-corrected chi connectivity index (χ1v) is 8.20. The number of carbonyl (C=O) groups is 2. The van der Waals surface area contributed by atoms with Gasteiger partial charge in [-0.05, 0) is 30.2 Å². The Balaban J connectivity index is 1.96. The predicted octanol–water partition coefficient (Wildman–Crippen LogP) is 2.15. The van der Waals surface area contributed by atoms with Gasteiger partial charge in [0.25, 0.3) is 0 Å². The zero-order chi connectivity index (χ0) is 20.2. The Morgan fingerprint density at radius 3 is 2.48 bits per heavy atom. The van der Waals surface area contributed by atoms with Gasteiger partial charge in [0.1, 0.15) is 11.5 Å². The lowest BCUT2D eigenvalue weighted by Crippen LogP contribution is -2.40. The minimum Gasteiger partial charge on any atom is -0.497 e. The standard InChI is InChI=1S/C17H21F3N2O5/c1-26-11-3-4-14(27-2)10(7-11)5-6-21-16(25)22-8-12(15(23)24)13(9-22)17(18,19)20/h3-4,7,12-13H,5-6,8-9H2,1-2H3,(H,21,25)(H,23,24)/t12-,13-/m1/s1. The minimum atomic E-state index is -4.67. The van der Waals surface area contributed by atoms with Crippen LogP contribution in [-0.4, -0.2) is 62.0 Å². The first-order valence-electron chi connectivity index (χ1n) is 8.20. The Bertz CT molecular complexity index is 696. The SMILES string of the molecule is COc1ccc(OC)c(CCNC(=O)N2C[C@@H](C(F)(F)F)[C@H](C(=O)O)C2)c1. The molecule has 0 bridgehead atoms. The lowest BCUT2D eigenvalue weighted by Gasteiger charge is -2.19. The maximum absolute atomic E-state index is 13.0. The summed E-state index contributed by atoms with van der Waals surface area (Å²) >= 11 is 0. The fraction of sp³-hybridized carbons (Fsp3) is 0.529. The first-order chi connectivity index (χ1) is 12.7. The van der Waals surface area contributed by atoms with Crippen LogP contribution in [-0.2, 0) is 11.2 Å². The number of methoxy groups -OCH3 is 2. The highest BCUT2D eigenvalue weighted by molar-refractivity contribution is 5.77. The van der Waals surface area contributed by atoms with Crippen molar-refractivity contribution in [1.29, 1.82) is 0 Å². The third-order valence-electron chi connectivity index (χ3n) is 4.50. The van der Waals surface area contributed by atoms with Gasteiger partial charge in [0.05, 0.1) is 26.1 Å². The number of hydrogen-bond donors (Lipinski definition) is 2. The van der Waals surface area contributed by atoms with Crippen molar-refractivity contribution in [2.45, 2.75) is 12.6 Å². The molecule has 1 fully saturated rings. The number of carboxylic acids is 1. The van der Waals surface area contributed by atoms with Gasteiger partial charge in [0.2, 0.25) is 0 Å². The van der Waals surface area contributed by atoms with Crippen LogP contribution in [0.1, 0.15) is 5.56 Å². The summed E-state index contributed by atoms with van der Waals surface area (Å²) < 4.78 is 49.3. The number of nitrogens with zero attached hydrogens (tertiary/aromatic N) is 1. The second-order valence-corrected chi connectivity index (χ2v) is 6.16. The van der Waals surface area contributed by atoms with Crippen molar-refractivity contribution in [2.24, 2.45) is 11.8 Å². The van der Waals surface area contributed by atoms with Gasteiger partial charge in [-0.15, -0.1) is 0 Å². The molecule has 10 heteroatoms. The number of carboxylic acid groups (broad SMARTS) is 1. The van der Waals surface area contributed by atoms with E-state index in [9.17, 15) is 22.8 Å². The van der Waals surface area contributed by atoms with Gasteiger partial charge in [0, 0.05) is 19.6 Å². The Morgan fingerprint density at radius 1 is 1.26 bits per heavy atom. The smallest absolute Gasteiger partial charge is 0.394 e. The Hall–Kier alpha value is -2.65. The van der Waals surface area contributed by atoms with Gasteiger partial charge >= 0.3 is 18.2 Å². The number of ether oxygens (including phenoxy) is 2. The molecule has 1 aliphatic heterocycles. The lowest BCUT2D eigenvalue weighted by molar-refractivity contribution is -0.187. The minimum absolute atomic E-state index is 0.146. The number of nitrogens with one attached hydrogen (secondary N) is 1. The number of likely N-dealkylation sites (tertiary alicyclic amines) is 1. The van der Waals surface area contributed by atoms with Gasteiger partial charge in [0.15, 0.2) is 0 Å². The van der Waals surface area contributed by atoms with Gasteiger partial charge < -0.3 is 24.8 Å². The summed E-state index contributed by atoms with van der Waals surface area (Å²) in [4.78, 5) is 24.1. The third kappa shape index (κ3) is 4.95. The van der Waals surface area contributed by atoms with Crippen LogP contribution in [0, 0.1) is 11.8 Å². The molecule has 0 unspecified atom stereocenters. The summed E-state index contributed by atoms with van der Waals surface area (Å²) in [5.74, 6) is -4.09. The molecule has 2 atom stereocenters. The number of urea groups is 1. The first kappa shape index (κ1) is 20.7. The maximum Gasteiger partial charge on any atom is 0.394 e. The summed E-state index contributed by atoms with van der Waals surface area (Å²) in [7, 11) is 3.01. The lowest BCUT2D eigenvalue weighted by atomic mass is 9.96. The van der Waals surface area contributed by atoms with Gasteiger partial charge in [-0.1, -0.05) is 0 Å². The van der Waals surface area contributed by atoms with Crippen molar-refractivity contribution < 1.29 is 37.3 Å². The van der Waals surface area contributed by atoms with Gasteiger partial charge in [-0.2, -0.15) is 13.2 Å². The number of alkyl halides is 3. The van der Waals surface area contributed by atoms with Crippen LogP contribution >= 0.6 is 0 Å². The van der Waals surface area contributed by atoms with E-state index < -0.39 is 43.1 Å². The van der Waals surface area contributed by atoms with Crippen LogP contribution in [0.15, 0.2) is 18.2 Å². The molecule has 1 aromatic rings. The number of hydrogen-bond acceptors (Lipinski definition) is 4. The van der Waals surface area contributed by atoms with Crippen LogP contribution in [0.4, 0.5) is 18.0 Å². The molecule has 1 heterocycles. The van der Waals surface area contributed by atoms with Crippen molar-refractivity contribution in [1.82, 2.24) is 10.2 Å².